The Kier molecular flexibility index (Phi) is 5.30. The SMILES string of the molecule is CCCNCC(CCC)N1CC2CCCC2C1. The molecule has 2 nitrogen and oxygen atoms in total. The van der Waals surface area contributed by atoms with E-state index in [0.717, 1.165) is 17.9 Å². The number of likely N-dealkylation sites (tertiary alicyclic amines) is 1. The molecule has 1 aliphatic carbocycles. The molecule has 0 aromatic carbocycles. The van der Waals surface area contributed by atoms with Gasteiger partial charge in [0.05, 0.1) is 0 Å². The van der Waals surface area contributed by atoms with Crippen LogP contribution in [0.3, 0.4) is 0 Å². The average molecular weight is 238 g/mol. The van der Waals surface area contributed by atoms with E-state index in [9.17, 15) is 0 Å². The first-order valence-corrected chi connectivity index (χ1v) is 7.79. The van der Waals surface area contributed by atoms with Crippen molar-refractivity contribution in [3.8, 4) is 0 Å². The molecule has 1 aliphatic heterocycles. The van der Waals surface area contributed by atoms with Crippen LogP contribution in [-0.2, 0) is 0 Å². The first-order chi connectivity index (χ1) is 8.35. The van der Waals surface area contributed by atoms with Crippen LogP contribution in [0, 0.1) is 11.8 Å². The predicted octanol–water partition coefficient (Wildman–Crippen LogP) is 2.89. The fourth-order valence-electron chi connectivity index (χ4n) is 3.76. The largest absolute Gasteiger partial charge is 0.315 e. The third-order valence-electron chi connectivity index (χ3n) is 4.70. The van der Waals surface area contributed by atoms with Gasteiger partial charge < -0.3 is 5.32 Å². The van der Waals surface area contributed by atoms with Gasteiger partial charge in [0, 0.05) is 25.7 Å². The third-order valence-corrected chi connectivity index (χ3v) is 4.70. The van der Waals surface area contributed by atoms with Crippen molar-refractivity contribution in [2.24, 2.45) is 11.8 Å². The van der Waals surface area contributed by atoms with Crippen LogP contribution in [0.1, 0.15) is 52.4 Å². The molecule has 100 valence electrons. The third kappa shape index (κ3) is 3.45. The predicted molar refractivity (Wildman–Crippen MR) is 74.3 cm³/mol. The Labute approximate surface area is 107 Å². The molecule has 2 rings (SSSR count). The molecule has 0 spiro atoms. The monoisotopic (exact) mass is 238 g/mol. The molecule has 0 bridgehead atoms. The summed E-state index contributed by atoms with van der Waals surface area (Å²) in [5.41, 5.74) is 0. The topological polar surface area (TPSA) is 15.3 Å². The minimum absolute atomic E-state index is 0.803. The van der Waals surface area contributed by atoms with E-state index < -0.39 is 0 Å². The first-order valence-electron chi connectivity index (χ1n) is 7.79. The van der Waals surface area contributed by atoms with Crippen LogP contribution in [0.25, 0.3) is 0 Å². The van der Waals surface area contributed by atoms with Crippen molar-refractivity contribution in [3.63, 3.8) is 0 Å². The minimum atomic E-state index is 0.803. The van der Waals surface area contributed by atoms with Gasteiger partial charge in [-0.15, -0.1) is 0 Å². The standard InChI is InChI=1S/C15H30N2/c1-3-6-15(10-16-9-4-2)17-11-13-7-5-8-14(13)12-17/h13-16H,3-12H2,1-2H3. The number of fused-ring (bicyclic) bond motifs is 1. The van der Waals surface area contributed by atoms with Gasteiger partial charge in [0.2, 0.25) is 0 Å². The summed E-state index contributed by atoms with van der Waals surface area (Å²) in [7, 11) is 0. The summed E-state index contributed by atoms with van der Waals surface area (Å²) in [4.78, 5) is 2.79. The average Bonchev–Trinajstić information content (AvgIpc) is 2.88. The van der Waals surface area contributed by atoms with Gasteiger partial charge in [0.1, 0.15) is 0 Å². The Bertz CT molecular complexity index is 205. The van der Waals surface area contributed by atoms with E-state index in [-0.39, 0.29) is 0 Å². The number of hydrogen-bond acceptors (Lipinski definition) is 2. The lowest BCUT2D eigenvalue weighted by molar-refractivity contribution is 0.207. The van der Waals surface area contributed by atoms with Gasteiger partial charge in [-0.3, -0.25) is 4.90 Å². The summed E-state index contributed by atoms with van der Waals surface area (Å²) in [6.07, 6.45) is 8.45. The molecule has 0 aromatic rings. The second-order valence-corrected chi connectivity index (χ2v) is 6.05. The lowest BCUT2D eigenvalue weighted by atomic mass is 10.0. The van der Waals surface area contributed by atoms with Crippen molar-refractivity contribution in [2.45, 2.75) is 58.4 Å². The Morgan fingerprint density at radius 2 is 1.82 bits per heavy atom. The normalized spacial score (nSPS) is 30.7. The number of hydrogen-bond donors (Lipinski definition) is 1. The van der Waals surface area contributed by atoms with E-state index in [0.29, 0.717) is 0 Å². The smallest absolute Gasteiger partial charge is 0.0220 e. The highest BCUT2D eigenvalue weighted by molar-refractivity contribution is 4.91. The molecule has 2 aliphatic rings. The maximum Gasteiger partial charge on any atom is 0.0220 e. The fourth-order valence-corrected chi connectivity index (χ4v) is 3.76. The van der Waals surface area contributed by atoms with Crippen molar-refractivity contribution < 1.29 is 0 Å². The van der Waals surface area contributed by atoms with Crippen molar-refractivity contribution in [2.75, 3.05) is 26.2 Å². The van der Waals surface area contributed by atoms with Crippen molar-refractivity contribution in [1.29, 1.82) is 0 Å². The maximum absolute atomic E-state index is 3.62. The van der Waals surface area contributed by atoms with Crippen molar-refractivity contribution >= 4 is 0 Å². The Hall–Kier alpha value is -0.0800. The van der Waals surface area contributed by atoms with Gasteiger partial charge in [0.25, 0.3) is 0 Å². The molecule has 0 amide bonds. The highest BCUT2D eigenvalue weighted by atomic mass is 15.2. The van der Waals surface area contributed by atoms with Crippen LogP contribution in [0.2, 0.25) is 0 Å². The number of rotatable bonds is 7. The highest BCUT2D eigenvalue weighted by Crippen LogP contribution is 2.38. The molecule has 1 saturated heterocycles. The molecule has 1 N–H and O–H groups in total. The van der Waals surface area contributed by atoms with Crippen LogP contribution in [-0.4, -0.2) is 37.1 Å². The van der Waals surface area contributed by atoms with Crippen molar-refractivity contribution in [1.82, 2.24) is 10.2 Å². The fraction of sp³-hybridized carbons (Fsp3) is 1.00. The second kappa shape index (κ2) is 6.75. The van der Waals surface area contributed by atoms with E-state index in [4.69, 9.17) is 0 Å². The van der Waals surface area contributed by atoms with E-state index in [1.807, 2.05) is 0 Å². The molecule has 17 heavy (non-hydrogen) atoms. The Morgan fingerprint density at radius 3 is 2.41 bits per heavy atom. The Balaban J connectivity index is 1.79. The number of nitrogens with one attached hydrogen (secondary N) is 1. The summed E-state index contributed by atoms with van der Waals surface area (Å²) >= 11 is 0. The van der Waals surface area contributed by atoms with Gasteiger partial charge >= 0.3 is 0 Å². The Morgan fingerprint density at radius 1 is 1.12 bits per heavy atom. The molecule has 1 heterocycles. The highest BCUT2D eigenvalue weighted by Gasteiger charge is 2.38. The molecular weight excluding hydrogens is 208 g/mol. The molecular formula is C15H30N2. The zero-order chi connectivity index (χ0) is 12.1. The molecule has 0 aromatic heterocycles. The minimum Gasteiger partial charge on any atom is -0.315 e. The van der Waals surface area contributed by atoms with E-state index >= 15 is 0 Å². The number of nitrogens with zero attached hydrogens (tertiary/aromatic N) is 1. The molecule has 1 saturated carbocycles. The summed E-state index contributed by atoms with van der Waals surface area (Å²) in [6, 6.07) is 0.803. The summed E-state index contributed by atoms with van der Waals surface area (Å²) in [5.74, 6) is 2.08. The van der Waals surface area contributed by atoms with Gasteiger partial charge in [0.15, 0.2) is 0 Å². The van der Waals surface area contributed by atoms with Crippen LogP contribution >= 0.6 is 0 Å². The summed E-state index contributed by atoms with van der Waals surface area (Å²) < 4.78 is 0. The van der Waals surface area contributed by atoms with Gasteiger partial charge in [-0.05, 0) is 44.1 Å². The molecule has 0 radical (unpaired) electrons. The second-order valence-electron chi connectivity index (χ2n) is 6.05. The quantitative estimate of drug-likeness (QED) is 0.686. The first kappa shape index (κ1) is 13.4. The molecule has 3 unspecified atom stereocenters. The zero-order valence-corrected chi connectivity index (χ0v) is 11.8. The maximum atomic E-state index is 3.62. The molecule has 2 fully saturated rings. The van der Waals surface area contributed by atoms with E-state index in [1.54, 1.807) is 0 Å². The van der Waals surface area contributed by atoms with Gasteiger partial charge in [-0.2, -0.15) is 0 Å². The van der Waals surface area contributed by atoms with Crippen LogP contribution in [0.5, 0.6) is 0 Å². The lowest BCUT2D eigenvalue weighted by Crippen LogP contribution is -2.41. The molecule has 3 atom stereocenters. The van der Waals surface area contributed by atoms with E-state index in [1.165, 1.54) is 64.7 Å². The van der Waals surface area contributed by atoms with Gasteiger partial charge in [-0.25, -0.2) is 0 Å². The van der Waals surface area contributed by atoms with Crippen molar-refractivity contribution in [3.05, 3.63) is 0 Å². The molecule has 2 heteroatoms. The summed E-state index contributed by atoms with van der Waals surface area (Å²) in [5, 5.41) is 3.62. The summed E-state index contributed by atoms with van der Waals surface area (Å²) in [6.45, 7) is 9.75. The zero-order valence-electron chi connectivity index (χ0n) is 11.8. The van der Waals surface area contributed by atoms with E-state index in [2.05, 4.69) is 24.1 Å². The lowest BCUT2D eigenvalue weighted by Gasteiger charge is -2.28. The van der Waals surface area contributed by atoms with Crippen LogP contribution < -0.4 is 5.32 Å². The van der Waals surface area contributed by atoms with Crippen LogP contribution in [0.15, 0.2) is 0 Å². The van der Waals surface area contributed by atoms with Gasteiger partial charge in [-0.1, -0.05) is 26.7 Å². The van der Waals surface area contributed by atoms with Crippen LogP contribution in [0.4, 0.5) is 0 Å².